The molecule has 6 nitrogen and oxygen atoms in total. The molecule has 0 aliphatic carbocycles. The monoisotopic (exact) mass is 351 g/mol. The van der Waals surface area contributed by atoms with Crippen molar-refractivity contribution in [3.8, 4) is 0 Å². The fourth-order valence-electron chi connectivity index (χ4n) is 2.51. The van der Waals surface area contributed by atoms with E-state index in [0.29, 0.717) is 30.5 Å². The number of nitrogens with zero attached hydrogens (tertiary/aromatic N) is 2. The normalized spacial score (nSPS) is 13.3. The summed E-state index contributed by atoms with van der Waals surface area (Å²) in [4.78, 5) is 0. The first-order valence-corrected chi connectivity index (χ1v) is 9.85. The molecule has 1 atom stereocenters. The quantitative estimate of drug-likeness (QED) is 0.750. The number of aromatic nitrogens is 2. The van der Waals surface area contributed by atoms with Gasteiger partial charge in [-0.25, -0.2) is 13.1 Å². The molecule has 7 heteroatoms. The number of nitrogens with one attached hydrogen (secondary N) is 1. The van der Waals surface area contributed by atoms with Crippen molar-refractivity contribution in [1.82, 2.24) is 14.9 Å². The van der Waals surface area contributed by atoms with Crippen LogP contribution < -0.4 is 4.72 Å². The molecule has 0 aliphatic rings. The highest BCUT2D eigenvalue weighted by molar-refractivity contribution is 7.89. The van der Waals surface area contributed by atoms with E-state index in [4.69, 9.17) is 4.42 Å². The van der Waals surface area contributed by atoms with Gasteiger partial charge in [0.15, 0.2) is 0 Å². The summed E-state index contributed by atoms with van der Waals surface area (Å²) < 4.78 is 32.9. The Kier molecular flexibility index (Phi) is 6.51. The van der Waals surface area contributed by atoms with Crippen LogP contribution in [0.2, 0.25) is 0 Å². The second-order valence-electron chi connectivity index (χ2n) is 6.37. The highest BCUT2D eigenvalue weighted by Crippen LogP contribution is 2.21. The third-order valence-electron chi connectivity index (χ3n) is 3.59. The van der Waals surface area contributed by atoms with Gasteiger partial charge in [0, 0.05) is 6.92 Å². The number of rotatable bonds is 9. The van der Waals surface area contributed by atoms with Gasteiger partial charge in [-0.3, -0.25) is 0 Å². The zero-order valence-electron chi connectivity index (χ0n) is 14.4. The van der Waals surface area contributed by atoms with Crippen LogP contribution in [0.25, 0.3) is 0 Å². The van der Waals surface area contributed by atoms with Gasteiger partial charge in [-0.1, -0.05) is 44.2 Å². The Bertz CT molecular complexity index is 727. The topological polar surface area (TPSA) is 85.1 Å². The molecule has 24 heavy (non-hydrogen) atoms. The molecule has 0 saturated carbocycles. The Morgan fingerprint density at radius 3 is 2.46 bits per heavy atom. The van der Waals surface area contributed by atoms with Crippen molar-refractivity contribution in [2.75, 3.05) is 5.75 Å². The Hall–Kier alpha value is -1.73. The van der Waals surface area contributed by atoms with E-state index in [1.54, 1.807) is 6.92 Å². The standard InChI is InChI=1S/C17H25N3O3S/c1-13(2)12-16(17-19-18-14(3)23-17)20-24(21,22)11-7-10-15-8-5-4-6-9-15/h4-6,8-9,13,16,20H,7,10-12H2,1-3H3. The molecule has 1 aromatic carbocycles. The minimum atomic E-state index is -3.41. The molecule has 0 bridgehead atoms. The summed E-state index contributed by atoms with van der Waals surface area (Å²) in [6.07, 6.45) is 1.91. The molecule has 0 fully saturated rings. The fourth-order valence-corrected chi connectivity index (χ4v) is 3.78. The molecule has 2 rings (SSSR count). The predicted octanol–water partition coefficient (Wildman–Crippen LogP) is 3.02. The van der Waals surface area contributed by atoms with Gasteiger partial charge in [-0.15, -0.1) is 10.2 Å². The molecular weight excluding hydrogens is 326 g/mol. The number of hydrogen-bond donors (Lipinski definition) is 1. The van der Waals surface area contributed by atoms with E-state index in [1.807, 2.05) is 44.2 Å². The van der Waals surface area contributed by atoms with E-state index in [2.05, 4.69) is 14.9 Å². The van der Waals surface area contributed by atoms with Crippen molar-refractivity contribution >= 4 is 10.0 Å². The molecule has 0 spiro atoms. The second kappa shape index (κ2) is 8.39. The van der Waals surface area contributed by atoms with Gasteiger partial charge in [-0.05, 0) is 30.7 Å². The zero-order valence-corrected chi connectivity index (χ0v) is 15.2. The average molecular weight is 351 g/mol. The summed E-state index contributed by atoms with van der Waals surface area (Å²) in [6.45, 7) is 5.75. The first-order chi connectivity index (χ1) is 11.4. The minimum absolute atomic E-state index is 0.0730. The maximum atomic E-state index is 12.4. The summed E-state index contributed by atoms with van der Waals surface area (Å²) in [5, 5.41) is 7.76. The largest absolute Gasteiger partial charge is 0.424 e. The van der Waals surface area contributed by atoms with Gasteiger partial charge in [0.25, 0.3) is 0 Å². The Balaban J connectivity index is 1.96. The Labute approximate surface area is 143 Å². The molecule has 132 valence electrons. The first kappa shape index (κ1) is 18.6. The molecule has 0 radical (unpaired) electrons. The molecule has 0 amide bonds. The summed E-state index contributed by atoms with van der Waals surface area (Å²) in [6, 6.07) is 9.39. The Morgan fingerprint density at radius 2 is 1.88 bits per heavy atom. The van der Waals surface area contributed by atoms with Crippen molar-refractivity contribution < 1.29 is 12.8 Å². The summed E-state index contributed by atoms with van der Waals surface area (Å²) in [7, 11) is -3.41. The third-order valence-corrected chi connectivity index (χ3v) is 5.06. The van der Waals surface area contributed by atoms with E-state index in [-0.39, 0.29) is 5.75 Å². The predicted molar refractivity (Wildman–Crippen MR) is 92.9 cm³/mol. The van der Waals surface area contributed by atoms with E-state index in [0.717, 1.165) is 12.0 Å². The molecular formula is C17H25N3O3S. The SMILES string of the molecule is Cc1nnc(C(CC(C)C)NS(=O)(=O)CCCc2ccccc2)o1. The van der Waals surface area contributed by atoms with Gasteiger partial charge < -0.3 is 4.42 Å². The van der Waals surface area contributed by atoms with Crippen LogP contribution in [0.1, 0.15) is 50.1 Å². The lowest BCUT2D eigenvalue weighted by molar-refractivity contribution is 0.372. The molecule has 2 aromatic rings. The van der Waals surface area contributed by atoms with E-state index in [1.165, 1.54) is 0 Å². The van der Waals surface area contributed by atoms with Crippen molar-refractivity contribution in [2.45, 2.75) is 46.1 Å². The van der Waals surface area contributed by atoms with Crippen LogP contribution in [0.15, 0.2) is 34.7 Å². The fraction of sp³-hybridized carbons (Fsp3) is 0.529. The van der Waals surface area contributed by atoms with Gasteiger partial charge in [0.05, 0.1) is 5.75 Å². The third kappa shape index (κ3) is 6.05. The van der Waals surface area contributed by atoms with Crippen molar-refractivity contribution in [1.29, 1.82) is 0 Å². The smallest absolute Gasteiger partial charge is 0.234 e. The average Bonchev–Trinajstić information content (AvgIpc) is 2.93. The highest BCUT2D eigenvalue weighted by atomic mass is 32.2. The van der Waals surface area contributed by atoms with Gasteiger partial charge >= 0.3 is 0 Å². The number of aryl methyl sites for hydroxylation is 2. The van der Waals surface area contributed by atoms with Crippen molar-refractivity contribution in [3.05, 3.63) is 47.7 Å². The van der Waals surface area contributed by atoms with Crippen LogP contribution in [-0.4, -0.2) is 24.4 Å². The summed E-state index contributed by atoms with van der Waals surface area (Å²) in [5.41, 5.74) is 1.14. The maximum absolute atomic E-state index is 12.4. The van der Waals surface area contributed by atoms with Crippen LogP contribution in [0.5, 0.6) is 0 Å². The minimum Gasteiger partial charge on any atom is -0.424 e. The van der Waals surface area contributed by atoms with E-state index in [9.17, 15) is 8.42 Å². The summed E-state index contributed by atoms with van der Waals surface area (Å²) in [5.74, 6) is 1.13. The highest BCUT2D eigenvalue weighted by Gasteiger charge is 2.24. The van der Waals surface area contributed by atoms with Gasteiger partial charge in [0.1, 0.15) is 6.04 Å². The molecule has 0 saturated heterocycles. The van der Waals surface area contributed by atoms with Crippen LogP contribution in [0.4, 0.5) is 0 Å². The van der Waals surface area contributed by atoms with Crippen LogP contribution in [0.3, 0.4) is 0 Å². The van der Waals surface area contributed by atoms with E-state index >= 15 is 0 Å². The van der Waals surface area contributed by atoms with E-state index < -0.39 is 16.1 Å². The number of hydrogen-bond acceptors (Lipinski definition) is 5. The molecule has 1 unspecified atom stereocenters. The zero-order chi connectivity index (χ0) is 17.6. The van der Waals surface area contributed by atoms with Crippen LogP contribution in [0, 0.1) is 12.8 Å². The van der Waals surface area contributed by atoms with Crippen LogP contribution >= 0.6 is 0 Å². The molecule has 1 N–H and O–H groups in total. The summed E-state index contributed by atoms with van der Waals surface area (Å²) >= 11 is 0. The number of sulfonamides is 1. The molecule has 1 heterocycles. The van der Waals surface area contributed by atoms with Gasteiger partial charge in [0.2, 0.25) is 21.8 Å². The van der Waals surface area contributed by atoms with Crippen molar-refractivity contribution in [2.24, 2.45) is 5.92 Å². The molecule has 0 aliphatic heterocycles. The lowest BCUT2D eigenvalue weighted by Gasteiger charge is -2.17. The van der Waals surface area contributed by atoms with Crippen molar-refractivity contribution in [3.63, 3.8) is 0 Å². The van der Waals surface area contributed by atoms with Gasteiger partial charge in [-0.2, -0.15) is 0 Å². The molecule has 1 aromatic heterocycles. The van der Waals surface area contributed by atoms with Crippen LogP contribution in [-0.2, 0) is 16.4 Å². The maximum Gasteiger partial charge on any atom is 0.234 e. The second-order valence-corrected chi connectivity index (χ2v) is 8.24. The lowest BCUT2D eigenvalue weighted by atomic mass is 10.0. The lowest BCUT2D eigenvalue weighted by Crippen LogP contribution is -2.32. The first-order valence-electron chi connectivity index (χ1n) is 8.19. The number of benzene rings is 1. The Morgan fingerprint density at radius 1 is 1.17 bits per heavy atom.